The molecule has 6 rings (SSSR count). The van der Waals surface area contributed by atoms with Gasteiger partial charge < -0.3 is 23.4 Å². The monoisotopic (exact) mass is 494 g/mol. The second kappa shape index (κ2) is 10.5. The molecule has 2 heterocycles. The predicted molar refractivity (Wildman–Crippen MR) is 141 cm³/mol. The first kappa shape index (κ1) is 23.3. The van der Waals surface area contributed by atoms with E-state index in [1.807, 2.05) is 78.9 Å². The Morgan fingerprint density at radius 1 is 0.595 bits per heavy atom. The Morgan fingerprint density at radius 2 is 1.14 bits per heavy atom. The van der Waals surface area contributed by atoms with Gasteiger partial charge in [-0.3, -0.25) is 0 Å². The second-order valence-corrected chi connectivity index (χ2v) is 9.01. The van der Waals surface area contributed by atoms with Gasteiger partial charge in [0.1, 0.15) is 17.1 Å². The molecule has 0 radical (unpaired) electrons. The second-order valence-electron chi connectivity index (χ2n) is 9.01. The van der Waals surface area contributed by atoms with Crippen molar-refractivity contribution >= 4 is 21.7 Å². The Balaban J connectivity index is 1.34. The van der Waals surface area contributed by atoms with E-state index < -0.39 is 17.8 Å². The van der Waals surface area contributed by atoms with Gasteiger partial charge in [-0.1, -0.05) is 72.8 Å². The van der Waals surface area contributed by atoms with Crippen LogP contribution in [-0.2, 0) is 22.7 Å². The molecule has 186 valence electrons. The summed E-state index contributed by atoms with van der Waals surface area (Å²) < 4.78 is 30.8. The highest BCUT2D eigenvalue weighted by atomic mass is 16.6. The molecule has 0 saturated heterocycles. The SMILES string of the molecule is O=c1oc2cccc3c2c2c(cccc12)O[C@H](COCc1ccccc1)[C@@H](COCc1ccccc1)O3. The number of benzene rings is 4. The Hall–Kier alpha value is -4.13. The molecule has 0 amide bonds. The molecule has 0 spiro atoms. The highest BCUT2D eigenvalue weighted by Gasteiger charge is 2.31. The fourth-order valence-electron chi connectivity index (χ4n) is 4.65. The summed E-state index contributed by atoms with van der Waals surface area (Å²) >= 11 is 0. The zero-order valence-electron chi connectivity index (χ0n) is 20.2. The minimum Gasteiger partial charge on any atom is -0.483 e. The van der Waals surface area contributed by atoms with E-state index in [1.165, 1.54) is 0 Å². The molecule has 0 fully saturated rings. The van der Waals surface area contributed by atoms with E-state index in [4.69, 9.17) is 23.4 Å². The molecule has 0 saturated carbocycles. The first-order valence-electron chi connectivity index (χ1n) is 12.3. The largest absolute Gasteiger partial charge is 0.483 e. The van der Waals surface area contributed by atoms with Crippen molar-refractivity contribution in [1.29, 1.82) is 0 Å². The third kappa shape index (κ3) is 4.94. The standard InChI is InChI=1S/C31H26O6/c32-31-23-13-7-14-24-29(23)30-25(15-8-16-26(30)37-31)36-28(20-34-18-22-11-5-2-6-12-22)27(35-24)19-33-17-21-9-3-1-4-10-21/h1-16,27-28H,17-20H2/t27-,28-/m1/s1. The van der Waals surface area contributed by atoms with Gasteiger partial charge in [-0.25, -0.2) is 4.79 Å². The van der Waals surface area contributed by atoms with Gasteiger partial charge in [0.2, 0.25) is 0 Å². The van der Waals surface area contributed by atoms with Crippen molar-refractivity contribution in [3.8, 4) is 11.5 Å². The molecular formula is C31H26O6. The first-order valence-corrected chi connectivity index (χ1v) is 12.3. The molecule has 0 N–H and O–H groups in total. The molecule has 1 aromatic heterocycles. The number of ether oxygens (including phenoxy) is 4. The lowest BCUT2D eigenvalue weighted by molar-refractivity contribution is -0.0541. The Kier molecular flexibility index (Phi) is 6.58. The van der Waals surface area contributed by atoms with E-state index in [-0.39, 0.29) is 13.2 Å². The third-order valence-electron chi connectivity index (χ3n) is 6.45. The van der Waals surface area contributed by atoms with E-state index in [0.29, 0.717) is 46.5 Å². The summed E-state index contributed by atoms with van der Waals surface area (Å²) in [7, 11) is 0. The minimum atomic E-state index is -0.485. The molecule has 2 atom stereocenters. The van der Waals surface area contributed by atoms with Crippen LogP contribution in [0, 0.1) is 0 Å². The molecule has 37 heavy (non-hydrogen) atoms. The average Bonchev–Trinajstić information content (AvgIpc) is 2.92. The van der Waals surface area contributed by atoms with Gasteiger partial charge in [-0.05, 0) is 35.4 Å². The summed E-state index contributed by atoms with van der Waals surface area (Å²) in [6.07, 6.45) is -0.957. The summed E-state index contributed by atoms with van der Waals surface area (Å²) in [5.74, 6) is 1.20. The van der Waals surface area contributed by atoms with Gasteiger partial charge >= 0.3 is 5.63 Å². The topological polar surface area (TPSA) is 67.1 Å². The molecular weight excluding hydrogens is 468 g/mol. The van der Waals surface area contributed by atoms with Gasteiger partial charge in [0.15, 0.2) is 12.2 Å². The van der Waals surface area contributed by atoms with Crippen LogP contribution in [0.4, 0.5) is 0 Å². The molecule has 6 heteroatoms. The molecule has 5 aromatic rings. The van der Waals surface area contributed by atoms with Crippen molar-refractivity contribution in [3.05, 3.63) is 119 Å². The fourth-order valence-corrected chi connectivity index (χ4v) is 4.65. The van der Waals surface area contributed by atoms with Gasteiger partial charge in [-0.2, -0.15) is 0 Å². The van der Waals surface area contributed by atoms with E-state index in [1.54, 1.807) is 18.2 Å². The smallest absolute Gasteiger partial charge is 0.344 e. The van der Waals surface area contributed by atoms with Crippen molar-refractivity contribution in [1.82, 2.24) is 0 Å². The van der Waals surface area contributed by atoms with Gasteiger partial charge in [0.25, 0.3) is 0 Å². The van der Waals surface area contributed by atoms with Crippen LogP contribution in [0.2, 0.25) is 0 Å². The van der Waals surface area contributed by atoms with E-state index in [2.05, 4.69) is 0 Å². The Morgan fingerprint density at radius 3 is 1.73 bits per heavy atom. The summed E-state index contributed by atoms with van der Waals surface area (Å²) in [5.41, 5.74) is 2.19. The van der Waals surface area contributed by atoms with Crippen LogP contribution in [-0.4, -0.2) is 25.4 Å². The lowest BCUT2D eigenvalue weighted by atomic mass is 10.0. The van der Waals surface area contributed by atoms with Crippen LogP contribution in [0.1, 0.15) is 11.1 Å². The minimum absolute atomic E-state index is 0.275. The van der Waals surface area contributed by atoms with Crippen molar-refractivity contribution in [2.75, 3.05) is 13.2 Å². The maximum atomic E-state index is 12.7. The van der Waals surface area contributed by atoms with Crippen LogP contribution in [0.5, 0.6) is 11.5 Å². The van der Waals surface area contributed by atoms with Crippen molar-refractivity contribution in [2.45, 2.75) is 25.4 Å². The summed E-state index contributed by atoms with van der Waals surface area (Å²) in [4.78, 5) is 12.7. The average molecular weight is 495 g/mol. The molecule has 4 aromatic carbocycles. The van der Waals surface area contributed by atoms with Crippen LogP contribution in [0.25, 0.3) is 21.7 Å². The van der Waals surface area contributed by atoms with Gasteiger partial charge in [0.05, 0.1) is 37.2 Å². The third-order valence-corrected chi connectivity index (χ3v) is 6.45. The highest BCUT2D eigenvalue weighted by molar-refractivity contribution is 6.10. The van der Waals surface area contributed by atoms with Crippen molar-refractivity contribution < 1.29 is 23.4 Å². The molecule has 6 nitrogen and oxygen atoms in total. The highest BCUT2D eigenvalue weighted by Crippen LogP contribution is 2.39. The maximum Gasteiger partial charge on any atom is 0.344 e. The van der Waals surface area contributed by atoms with Crippen molar-refractivity contribution in [2.24, 2.45) is 0 Å². The van der Waals surface area contributed by atoms with E-state index >= 15 is 0 Å². The molecule has 0 bridgehead atoms. The number of rotatable bonds is 8. The zero-order valence-corrected chi connectivity index (χ0v) is 20.2. The van der Waals surface area contributed by atoms with Crippen LogP contribution < -0.4 is 15.1 Å². The summed E-state index contributed by atoms with van der Waals surface area (Å²) in [6.45, 7) is 1.45. The number of hydrogen-bond donors (Lipinski definition) is 0. The van der Waals surface area contributed by atoms with Gasteiger partial charge in [0, 0.05) is 5.39 Å². The maximum absolute atomic E-state index is 12.7. The summed E-state index contributed by atoms with van der Waals surface area (Å²) in [5, 5.41) is 1.84. The van der Waals surface area contributed by atoms with Gasteiger partial charge in [-0.15, -0.1) is 0 Å². The lowest BCUT2D eigenvalue weighted by Gasteiger charge is -2.31. The zero-order chi connectivity index (χ0) is 25.0. The van der Waals surface area contributed by atoms with Crippen LogP contribution >= 0.6 is 0 Å². The summed E-state index contributed by atoms with van der Waals surface area (Å²) in [6, 6.07) is 30.9. The normalized spacial score (nSPS) is 16.8. The first-order chi connectivity index (χ1) is 18.3. The van der Waals surface area contributed by atoms with E-state index in [0.717, 1.165) is 11.1 Å². The molecule has 0 aliphatic carbocycles. The molecule has 1 aliphatic heterocycles. The van der Waals surface area contributed by atoms with Crippen LogP contribution in [0.15, 0.2) is 106 Å². The van der Waals surface area contributed by atoms with Crippen molar-refractivity contribution in [3.63, 3.8) is 0 Å². The number of hydrogen-bond acceptors (Lipinski definition) is 6. The van der Waals surface area contributed by atoms with E-state index in [9.17, 15) is 4.79 Å². The molecule has 0 unspecified atom stereocenters. The lowest BCUT2D eigenvalue weighted by Crippen LogP contribution is -2.43. The predicted octanol–water partition coefficient (Wildman–Crippen LogP) is 5.89. The van der Waals surface area contributed by atoms with Crippen LogP contribution in [0.3, 0.4) is 0 Å². The Bertz CT molecular complexity index is 1560. The molecule has 1 aliphatic rings. The fraction of sp³-hybridized carbons (Fsp3) is 0.194. The quantitative estimate of drug-likeness (QED) is 0.198. The Labute approximate surface area is 214 Å².